The number of pyridine rings is 2. The molecule has 0 atom stereocenters. The monoisotopic (exact) mass is 283 g/mol. The van der Waals surface area contributed by atoms with Crippen LogP contribution in [0, 0.1) is 27.7 Å². The summed E-state index contributed by atoms with van der Waals surface area (Å²) in [5, 5.41) is 0. The molecule has 0 aromatic carbocycles. The molecule has 0 saturated heterocycles. The molecule has 0 aliphatic heterocycles. The van der Waals surface area contributed by atoms with Gasteiger partial charge in [-0.15, -0.1) is 0 Å². The molecular weight excluding hydrogens is 262 g/mol. The van der Waals surface area contributed by atoms with E-state index in [0.717, 1.165) is 28.3 Å². The number of carbonyl (C=O) groups excluding carboxylic acids is 1. The summed E-state index contributed by atoms with van der Waals surface area (Å²) in [4.78, 5) is 23.0. The summed E-state index contributed by atoms with van der Waals surface area (Å²) >= 11 is 0. The maximum Gasteiger partial charge on any atom is 0.254 e. The first-order chi connectivity index (χ1) is 9.85. The van der Waals surface area contributed by atoms with Crippen LogP contribution in [-0.4, -0.2) is 27.8 Å². The van der Waals surface area contributed by atoms with Crippen molar-refractivity contribution in [3.8, 4) is 0 Å². The fourth-order valence-corrected chi connectivity index (χ4v) is 2.50. The van der Waals surface area contributed by atoms with E-state index in [0.29, 0.717) is 12.1 Å². The molecular formula is C17H21N3O. The molecule has 0 aliphatic rings. The maximum atomic E-state index is 12.5. The highest BCUT2D eigenvalue weighted by molar-refractivity contribution is 5.94. The maximum absolute atomic E-state index is 12.5. The summed E-state index contributed by atoms with van der Waals surface area (Å²) in [6.45, 7) is 8.30. The topological polar surface area (TPSA) is 46.1 Å². The Morgan fingerprint density at radius 3 is 2.10 bits per heavy atom. The molecule has 0 radical (unpaired) electrons. The van der Waals surface area contributed by atoms with E-state index in [1.807, 2.05) is 52.0 Å². The van der Waals surface area contributed by atoms with Gasteiger partial charge in [0.25, 0.3) is 5.91 Å². The highest BCUT2D eigenvalue weighted by atomic mass is 16.2. The Bertz CT molecular complexity index is 639. The molecule has 0 unspecified atom stereocenters. The van der Waals surface area contributed by atoms with Crippen molar-refractivity contribution < 1.29 is 4.79 Å². The molecule has 2 heterocycles. The fraction of sp³-hybridized carbons (Fsp3) is 0.353. The molecule has 0 aliphatic carbocycles. The average Bonchev–Trinajstić information content (AvgIpc) is 2.35. The van der Waals surface area contributed by atoms with Crippen molar-refractivity contribution in [3.05, 3.63) is 58.2 Å². The second-order valence-corrected chi connectivity index (χ2v) is 5.58. The molecule has 0 N–H and O–H groups in total. The van der Waals surface area contributed by atoms with Crippen LogP contribution in [0.5, 0.6) is 0 Å². The lowest BCUT2D eigenvalue weighted by molar-refractivity contribution is 0.0783. The van der Waals surface area contributed by atoms with Crippen LogP contribution in [0.1, 0.15) is 38.7 Å². The molecule has 0 saturated carbocycles. The Balaban J connectivity index is 2.19. The van der Waals surface area contributed by atoms with Crippen molar-refractivity contribution >= 4 is 5.91 Å². The minimum absolute atomic E-state index is 0.00967. The van der Waals surface area contributed by atoms with Crippen LogP contribution in [0.25, 0.3) is 0 Å². The van der Waals surface area contributed by atoms with Crippen molar-refractivity contribution in [1.29, 1.82) is 0 Å². The zero-order chi connectivity index (χ0) is 15.6. The SMILES string of the molecule is Cc1cc(C)nc(CN(C)C(=O)c2cc(C)nc(C)c2)c1. The summed E-state index contributed by atoms with van der Waals surface area (Å²) in [6.07, 6.45) is 0. The number of hydrogen-bond donors (Lipinski definition) is 0. The van der Waals surface area contributed by atoms with E-state index < -0.39 is 0 Å². The highest BCUT2D eigenvalue weighted by Crippen LogP contribution is 2.11. The molecule has 21 heavy (non-hydrogen) atoms. The normalized spacial score (nSPS) is 10.5. The van der Waals surface area contributed by atoms with E-state index in [4.69, 9.17) is 0 Å². The lowest BCUT2D eigenvalue weighted by atomic mass is 10.1. The summed E-state index contributed by atoms with van der Waals surface area (Å²) < 4.78 is 0. The number of aryl methyl sites for hydroxylation is 4. The summed E-state index contributed by atoms with van der Waals surface area (Å²) in [5.41, 5.74) is 5.43. The Kier molecular flexibility index (Phi) is 4.36. The molecule has 0 fully saturated rings. The molecule has 2 rings (SSSR count). The standard InChI is InChI=1S/C17H21N3O/c1-11-6-12(2)19-16(7-11)10-20(5)17(21)15-8-13(3)18-14(4)9-15/h6-9H,10H2,1-5H3. The van der Waals surface area contributed by atoms with Crippen molar-refractivity contribution in [2.24, 2.45) is 0 Å². The van der Waals surface area contributed by atoms with Crippen molar-refractivity contribution in [2.45, 2.75) is 34.2 Å². The average molecular weight is 283 g/mol. The van der Waals surface area contributed by atoms with Crippen LogP contribution < -0.4 is 0 Å². The van der Waals surface area contributed by atoms with E-state index in [-0.39, 0.29) is 5.91 Å². The van der Waals surface area contributed by atoms with Gasteiger partial charge >= 0.3 is 0 Å². The van der Waals surface area contributed by atoms with E-state index in [2.05, 4.69) is 9.97 Å². The minimum atomic E-state index is -0.00967. The second-order valence-electron chi connectivity index (χ2n) is 5.58. The third kappa shape index (κ3) is 3.88. The number of nitrogens with zero attached hydrogens (tertiary/aromatic N) is 3. The first-order valence-corrected chi connectivity index (χ1v) is 7.00. The molecule has 110 valence electrons. The quantitative estimate of drug-likeness (QED) is 0.870. The van der Waals surface area contributed by atoms with Gasteiger partial charge < -0.3 is 4.90 Å². The van der Waals surface area contributed by atoms with Crippen LogP contribution in [0.2, 0.25) is 0 Å². The third-order valence-corrected chi connectivity index (χ3v) is 3.23. The first-order valence-electron chi connectivity index (χ1n) is 7.00. The van der Waals surface area contributed by atoms with Crippen LogP contribution in [0.4, 0.5) is 0 Å². The van der Waals surface area contributed by atoms with Gasteiger partial charge in [-0.2, -0.15) is 0 Å². The van der Waals surface area contributed by atoms with E-state index in [9.17, 15) is 4.79 Å². The van der Waals surface area contributed by atoms with Gasteiger partial charge in [-0.1, -0.05) is 0 Å². The van der Waals surface area contributed by atoms with E-state index in [1.54, 1.807) is 11.9 Å². The van der Waals surface area contributed by atoms with Crippen molar-refractivity contribution in [2.75, 3.05) is 7.05 Å². The Morgan fingerprint density at radius 2 is 1.52 bits per heavy atom. The van der Waals surface area contributed by atoms with Gasteiger partial charge in [0.05, 0.1) is 12.2 Å². The predicted octanol–water partition coefficient (Wildman–Crippen LogP) is 2.98. The van der Waals surface area contributed by atoms with Crippen molar-refractivity contribution in [3.63, 3.8) is 0 Å². The molecule has 2 aromatic heterocycles. The molecule has 0 bridgehead atoms. The van der Waals surface area contributed by atoms with Gasteiger partial charge in [0.15, 0.2) is 0 Å². The Labute approximate surface area is 125 Å². The second kappa shape index (κ2) is 6.04. The number of aromatic nitrogens is 2. The van der Waals surface area contributed by atoms with E-state index >= 15 is 0 Å². The van der Waals surface area contributed by atoms with Gasteiger partial charge in [-0.05, 0) is 57.5 Å². The van der Waals surface area contributed by atoms with Gasteiger partial charge in [-0.3, -0.25) is 14.8 Å². The summed E-state index contributed by atoms with van der Waals surface area (Å²) in [6, 6.07) is 7.68. The fourth-order valence-electron chi connectivity index (χ4n) is 2.50. The minimum Gasteiger partial charge on any atom is -0.336 e. The smallest absolute Gasteiger partial charge is 0.254 e. The van der Waals surface area contributed by atoms with Crippen molar-refractivity contribution in [1.82, 2.24) is 14.9 Å². The van der Waals surface area contributed by atoms with Crippen LogP contribution >= 0.6 is 0 Å². The van der Waals surface area contributed by atoms with E-state index in [1.165, 1.54) is 0 Å². The van der Waals surface area contributed by atoms with Crippen LogP contribution in [-0.2, 0) is 6.54 Å². The first kappa shape index (κ1) is 15.2. The summed E-state index contributed by atoms with van der Waals surface area (Å²) in [5.74, 6) is -0.00967. The number of carbonyl (C=O) groups is 1. The Morgan fingerprint density at radius 1 is 0.952 bits per heavy atom. The lowest BCUT2D eigenvalue weighted by Crippen LogP contribution is -2.27. The zero-order valence-electron chi connectivity index (χ0n) is 13.3. The van der Waals surface area contributed by atoms with Gasteiger partial charge in [0.2, 0.25) is 0 Å². The number of hydrogen-bond acceptors (Lipinski definition) is 3. The lowest BCUT2D eigenvalue weighted by Gasteiger charge is -2.18. The van der Waals surface area contributed by atoms with Crippen LogP contribution in [0.15, 0.2) is 24.3 Å². The molecule has 2 aromatic rings. The van der Waals surface area contributed by atoms with Crippen LogP contribution in [0.3, 0.4) is 0 Å². The third-order valence-electron chi connectivity index (χ3n) is 3.23. The predicted molar refractivity (Wildman–Crippen MR) is 83.2 cm³/mol. The number of rotatable bonds is 3. The molecule has 4 nitrogen and oxygen atoms in total. The molecule has 0 spiro atoms. The largest absolute Gasteiger partial charge is 0.336 e. The zero-order valence-corrected chi connectivity index (χ0v) is 13.3. The molecule has 1 amide bonds. The van der Waals surface area contributed by atoms with Gasteiger partial charge in [0, 0.05) is 29.7 Å². The van der Waals surface area contributed by atoms with Gasteiger partial charge in [0.1, 0.15) is 0 Å². The molecule has 4 heteroatoms. The van der Waals surface area contributed by atoms with Gasteiger partial charge in [-0.25, -0.2) is 0 Å². The summed E-state index contributed by atoms with van der Waals surface area (Å²) in [7, 11) is 1.80. The highest BCUT2D eigenvalue weighted by Gasteiger charge is 2.14. The Hall–Kier alpha value is -2.23. The number of amides is 1.